The molecule has 0 saturated heterocycles. The summed E-state index contributed by atoms with van der Waals surface area (Å²) in [6, 6.07) is 0. The van der Waals surface area contributed by atoms with Crippen LogP contribution in [0.4, 0.5) is 0 Å². The minimum atomic E-state index is -0.777. The van der Waals surface area contributed by atoms with Gasteiger partial charge in [0.25, 0.3) is 0 Å². The Kier molecular flexibility index (Phi) is 4.89. The summed E-state index contributed by atoms with van der Waals surface area (Å²) in [5.41, 5.74) is 4.79. The molecule has 4 nitrogen and oxygen atoms in total. The van der Waals surface area contributed by atoms with Crippen molar-refractivity contribution in [2.75, 3.05) is 26.8 Å². The van der Waals surface area contributed by atoms with Crippen LogP contribution in [0.5, 0.6) is 0 Å². The molecule has 0 unspecified atom stereocenters. The molecule has 0 aromatic carbocycles. The van der Waals surface area contributed by atoms with Crippen LogP contribution < -0.4 is 5.73 Å². The quantitative estimate of drug-likeness (QED) is 0.550. The van der Waals surface area contributed by atoms with Gasteiger partial charge in [-0.05, 0) is 32.6 Å². The van der Waals surface area contributed by atoms with Crippen molar-refractivity contribution in [1.82, 2.24) is 4.90 Å². The average Bonchev–Trinajstić information content (AvgIpc) is 3.06. The lowest BCUT2D eigenvalue weighted by molar-refractivity contribution is -0.136. The van der Waals surface area contributed by atoms with Gasteiger partial charge in [0.15, 0.2) is 0 Å². The molecular weight excluding hydrogens is 236 g/mol. The molecule has 1 amide bonds. The third-order valence-electron chi connectivity index (χ3n) is 3.12. The van der Waals surface area contributed by atoms with Crippen LogP contribution in [0.15, 0.2) is 0 Å². The first-order valence-corrected chi connectivity index (χ1v) is 6.39. The summed E-state index contributed by atoms with van der Waals surface area (Å²) in [5.74, 6) is 0.698. The van der Waals surface area contributed by atoms with Crippen LogP contribution in [0.3, 0.4) is 0 Å². The maximum Gasteiger partial charge on any atom is 0.234 e. The van der Waals surface area contributed by atoms with Crippen molar-refractivity contribution in [2.45, 2.75) is 26.7 Å². The first-order valence-electron chi connectivity index (χ1n) is 5.99. The fourth-order valence-corrected chi connectivity index (χ4v) is 1.51. The number of ether oxygens (including phenoxy) is 1. The molecule has 1 saturated carbocycles. The second-order valence-electron chi connectivity index (χ2n) is 5.23. The number of rotatable bonds is 7. The highest BCUT2D eigenvalue weighted by Crippen LogP contribution is 2.28. The Morgan fingerprint density at radius 1 is 1.53 bits per heavy atom. The summed E-state index contributed by atoms with van der Waals surface area (Å²) >= 11 is 4.90. The monoisotopic (exact) mass is 258 g/mol. The SMILES string of the molecule is CN(CCOCC1CC1)C(=O)C(C)(C)C(N)=S. The zero-order valence-corrected chi connectivity index (χ0v) is 11.7. The van der Waals surface area contributed by atoms with Crippen LogP contribution in [0.1, 0.15) is 26.7 Å². The molecule has 2 N–H and O–H groups in total. The predicted molar refractivity (Wildman–Crippen MR) is 71.7 cm³/mol. The van der Waals surface area contributed by atoms with Gasteiger partial charge in [0, 0.05) is 20.2 Å². The third-order valence-corrected chi connectivity index (χ3v) is 3.63. The van der Waals surface area contributed by atoms with Crippen LogP contribution in [-0.2, 0) is 9.53 Å². The molecule has 1 aliphatic rings. The standard InChI is InChI=1S/C12H22N2O2S/c1-12(2,10(13)17)11(15)14(3)6-7-16-8-9-4-5-9/h9H,4-8H2,1-3H3,(H2,13,17). The maximum atomic E-state index is 12.0. The van der Waals surface area contributed by atoms with E-state index >= 15 is 0 Å². The number of amides is 1. The number of nitrogens with two attached hydrogens (primary N) is 1. The molecule has 17 heavy (non-hydrogen) atoms. The molecule has 1 rings (SSSR count). The number of likely N-dealkylation sites (N-methyl/N-ethyl adjacent to an activating group) is 1. The molecule has 1 fully saturated rings. The van der Waals surface area contributed by atoms with Crippen LogP contribution in [0.25, 0.3) is 0 Å². The average molecular weight is 258 g/mol. The Balaban J connectivity index is 2.27. The number of thiocarbonyl (C=S) groups is 1. The summed E-state index contributed by atoms with van der Waals surface area (Å²) in [6.45, 7) is 5.48. The summed E-state index contributed by atoms with van der Waals surface area (Å²) in [5, 5.41) is 0. The largest absolute Gasteiger partial charge is 0.392 e. The van der Waals surface area contributed by atoms with Crippen molar-refractivity contribution in [2.24, 2.45) is 17.1 Å². The fraction of sp³-hybridized carbons (Fsp3) is 0.833. The molecule has 0 spiro atoms. The number of carbonyl (C=O) groups excluding carboxylic acids is 1. The second-order valence-corrected chi connectivity index (χ2v) is 5.67. The lowest BCUT2D eigenvalue weighted by Gasteiger charge is -2.28. The number of hydrogen-bond acceptors (Lipinski definition) is 3. The van der Waals surface area contributed by atoms with Gasteiger partial charge in [-0.15, -0.1) is 0 Å². The van der Waals surface area contributed by atoms with E-state index in [9.17, 15) is 4.79 Å². The molecule has 0 radical (unpaired) electrons. The summed E-state index contributed by atoms with van der Waals surface area (Å²) in [6.07, 6.45) is 2.56. The summed E-state index contributed by atoms with van der Waals surface area (Å²) in [4.78, 5) is 13.9. The van der Waals surface area contributed by atoms with Crippen LogP contribution in [-0.4, -0.2) is 42.6 Å². The van der Waals surface area contributed by atoms with Crippen molar-refractivity contribution in [3.05, 3.63) is 0 Å². The van der Waals surface area contributed by atoms with Gasteiger partial charge in [0.1, 0.15) is 0 Å². The van der Waals surface area contributed by atoms with Crippen molar-refractivity contribution < 1.29 is 9.53 Å². The molecule has 0 bridgehead atoms. The normalized spacial score (nSPS) is 15.7. The first-order chi connectivity index (χ1) is 7.85. The summed E-state index contributed by atoms with van der Waals surface area (Å²) in [7, 11) is 1.75. The van der Waals surface area contributed by atoms with Crippen molar-refractivity contribution in [3.8, 4) is 0 Å². The lowest BCUT2D eigenvalue weighted by Crippen LogP contribution is -2.46. The molecular formula is C12H22N2O2S. The maximum absolute atomic E-state index is 12.0. The second kappa shape index (κ2) is 5.78. The molecule has 0 atom stereocenters. The molecule has 0 heterocycles. The van der Waals surface area contributed by atoms with Crippen LogP contribution in [0.2, 0.25) is 0 Å². The van der Waals surface area contributed by atoms with E-state index in [1.54, 1.807) is 25.8 Å². The van der Waals surface area contributed by atoms with E-state index < -0.39 is 5.41 Å². The highest BCUT2D eigenvalue weighted by Gasteiger charge is 2.33. The lowest BCUT2D eigenvalue weighted by atomic mass is 9.92. The molecule has 1 aliphatic carbocycles. The van der Waals surface area contributed by atoms with Crippen LogP contribution >= 0.6 is 12.2 Å². The zero-order chi connectivity index (χ0) is 13.1. The topological polar surface area (TPSA) is 55.6 Å². The Bertz CT molecular complexity index is 301. The van der Waals surface area contributed by atoms with Gasteiger partial charge in [-0.3, -0.25) is 4.79 Å². The molecule has 0 aromatic heterocycles. The van der Waals surface area contributed by atoms with E-state index in [-0.39, 0.29) is 10.9 Å². The molecule has 0 aliphatic heterocycles. The van der Waals surface area contributed by atoms with E-state index in [0.717, 1.165) is 12.5 Å². The van der Waals surface area contributed by atoms with Crippen molar-refractivity contribution in [1.29, 1.82) is 0 Å². The smallest absolute Gasteiger partial charge is 0.234 e. The first kappa shape index (κ1) is 14.4. The van der Waals surface area contributed by atoms with Crippen molar-refractivity contribution >= 4 is 23.1 Å². The van der Waals surface area contributed by atoms with Crippen LogP contribution in [0, 0.1) is 11.3 Å². The Hall–Kier alpha value is -0.680. The fourth-order valence-electron chi connectivity index (χ4n) is 1.42. The van der Waals surface area contributed by atoms with Gasteiger partial charge in [0.05, 0.1) is 17.0 Å². The number of nitrogens with zero attached hydrogens (tertiary/aromatic N) is 1. The minimum Gasteiger partial charge on any atom is -0.392 e. The minimum absolute atomic E-state index is 0.0555. The number of carbonyl (C=O) groups is 1. The van der Waals surface area contributed by atoms with Crippen molar-refractivity contribution in [3.63, 3.8) is 0 Å². The molecule has 5 heteroatoms. The Morgan fingerprint density at radius 2 is 2.12 bits per heavy atom. The van der Waals surface area contributed by atoms with E-state index in [1.807, 2.05) is 0 Å². The molecule has 0 aromatic rings. The predicted octanol–water partition coefficient (Wildman–Crippen LogP) is 1.18. The number of hydrogen-bond donors (Lipinski definition) is 1. The van der Waals surface area contributed by atoms with Gasteiger partial charge >= 0.3 is 0 Å². The van der Waals surface area contributed by atoms with E-state index in [0.29, 0.717) is 13.2 Å². The van der Waals surface area contributed by atoms with E-state index in [4.69, 9.17) is 22.7 Å². The molecule has 98 valence electrons. The van der Waals surface area contributed by atoms with Gasteiger partial charge in [0.2, 0.25) is 5.91 Å². The third kappa shape index (κ3) is 4.24. The Labute approximate surface area is 108 Å². The zero-order valence-electron chi connectivity index (χ0n) is 10.9. The summed E-state index contributed by atoms with van der Waals surface area (Å²) < 4.78 is 5.49. The van der Waals surface area contributed by atoms with Gasteiger partial charge in [-0.25, -0.2) is 0 Å². The van der Waals surface area contributed by atoms with E-state index in [2.05, 4.69) is 0 Å². The Morgan fingerprint density at radius 3 is 2.59 bits per heavy atom. The highest BCUT2D eigenvalue weighted by atomic mass is 32.1. The van der Waals surface area contributed by atoms with Gasteiger partial charge in [-0.1, -0.05) is 12.2 Å². The van der Waals surface area contributed by atoms with Gasteiger partial charge < -0.3 is 15.4 Å². The van der Waals surface area contributed by atoms with Gasteiger partial charge in [-0.2, -0.15) is 0 Å². The van der Waals surface area contributed by atoms with E-state index in [1.165, 1.54) is 12.8 Å². The highest BCUT2D eigenvalue weighted by molar-refractivity contribution is 7.80.